The Balaban J connectivity index is 2.20. The van der Waals surface area contributed by atoms with Crippen LogP contribution in [0.25, 0.3) is 11.2 Å². The number of carboxylic acids is 1. The highest BCUT2D eigenvalue weighted by molar-refractivity contribution is 5.77. The summed E-state index contributed by atoms with van der Waals surface area (Å²) in [4.78, 5) is 40.3. The summed E-state index contributed by atoms with van der Waals surface area (Å²) >= 11 is 0. The Bertz CT molecular complexity index is 1090. The predicted octanol–water partition coefficient (Wildman–Crippen LogP) is 0.691. The lowest BCUT2D eigenvalue weighted by molar-refractivity contribution is -0.137. The van der Waals surface area contributed by atoms with Crippen LogP contribution >= 0.6 is 0 Å². The number of aromatic nitrogens is 4. The summed E-state index contributed by atoms with van der Waals surface area (Å²) in [5.41, 5.74) is 0.0764. The lowest BCUT2D eigenvalue weighted by atomic mass is 10.1. The van der Waals surface area contributed by atoms with Crippen LogP contribution in [0.2, 0.25) is 0 Å². The van der Waals surface area contributed by atoms with E-state index in [0.717, 1.165) is 10.1 Å². The summed E-state index contributed by atoms with van der Waals surface area (Å²) in [6, 6.07) is 9.37. The van der Waals surface area contributed by atoms with Gasteiger partial charge in [0.25, 0.3) is 5.56 Å². The smallest absolute Gasteiger partial charge is 0.332 e. The lowest BCUT2D eigenvalue weighted by Crippen LogP contribution is -2.37. The van der Waals surface area contributed by atoms with E-state index < -0.39 is 23.8 Å². The molecule has 9 nitrogen and oxygen atoms in total. The zero-order valence-electron chi connectivity index (χ0n) is 14.6. The quantitative estimate of drug-likeness (QED) is 0.695. The average Bonchev–Trinajstić information content (AvgIpc) is 2.96. The first-order valence-electron chi connectivity index (χ1n) is 8.00. The molecule has 0 aliphatic rings. The van der Waals surface area contributed by atoms with Gasteiger partial charge in [0.1, 0.15) is 6.54 Å². The van der Waals surface area contributed by atoms with E-state index in [1.807, 2.05) is 37.3 Å². The highest BCUT2D eigenvalue weighted by Gasteiger charge is 2.21. The average molecular weight is 357 g/mol. The van der Waals surface area contributed by atoms with Gasteiger partial charge in [-0.1, -0.05) is 30.3 Å². The molecular weight excluding hydrogens is 338 g/mol. The van der Waals surface area contributed by atoms with E-state index >= 15 is 0 Å². The summed E-state index contributed by atoms with van der Waals surface area (Å²) in [5.74, 6) is -0.896. The topological polar surface area (TPSA) is 111 Å². The van der Waals surface area contributed by atoms with E-state index in [0.29, 0.717) is 0 Å². The summed E-state index contributed by atoms with van der Waals surface area (Å²) in [7, 11) is 2.84. The van der Waals surface area contributed by atoms with Crippen molar-refractivity contribution < 1.29 is 9.90 Å². The van der Waals surface area contributed by atoms with Crippen molar-refractivity contribution >= 4 is 23.1 Å². The van der Waals surface area contributed by atoms with Gasteiger partial charge in [-0.2, -0.15) is 4.98 Å². The van der Waals surface area contributed by atoms with Crippen LogP contribution in [0.1, 0.15) is 18.5 Å². The van der Waals surface area contributed by atoms with E-state index in [9.17, 15) is 19.5 Å². The molecule has 0 aliphatic heterocycles. The summed E-state index contributed by atoms with van der Waals surface area (Å²) in [6.07, 6.45) is 0. The van der Waals surface area contributed by atoms with Gasteiger partial charge in [-0.25, -0.2) is 4.79 Å². The van der Waals surface area contributed by atoms with Crippen LogP contribution in [0.15, 0.2) is 39.9 Å². The number of nitrogens with zero attached hydrogens (tertiary/aromatic N) is 4. The van der Waals surface area contributed by atoms with Crippen LogP contribution in [0.4, 0.5) is 5.95 Å². The second-order valence-corrected chi connectivity index (χ2v) is 6.07. The number of carboxylic acid groups (broad SMARTS) is 1. The first-order valence-corrected chi connectivity index (χ1v) is 8.00. The molecule has 26 heavy (non-hydrogen) atoms. The molecule has 3 aromatic rings. The second kappa shape index (κ2) is 6.51. The zero-order valence-corrected chi connectivity index (χ0v) is 14.6. The molecule has 0 saturated heterocycles. The molecule has 0 amide bonds. The number of hydrogen-bond donors (Lipinski definition) is 2. The minimum atomic E-state index is -1.12. The van der Waals surface area contributed by atoms with Gasteiger partial charge < -0.3 is 10.4 Å². The second-order valence-electron chi connectivity index (χ2n) is 6.07. The van der Waals surface area contributed by atoms with E-state index in [2.05, 4.69) is 10.3 Å². The Morgan fingerprint density at radius 1 is 1.19 bits per heavy atom. The van der Waals surface area contributed by atoms with E-state index in [4.69, 9.17) is 0 Å². The number of aliphatic carboxylic acids is 1. The molecule has 136 valence electrons. The molecule has 0 bridgehead atoms. The molecule has 2 aromatic heterocycles. The standard InChI is InChI=1S/C17H19N5O4/c1-10(11-7-5-4-6-8-11)18-16-19-14-13(22(16)9-12(23)24)15(25)21(3)17(26)20(14)2/h4-8,10H,9H2,1-3H3,(H,18,19)(H,23,24)/t10-/m0/s1. The first kappa shape index (κ1) is 17.5. The van der Waals surface area contributed by atoms with Crippen LogP contribution in [-0.4, -0.2) is 29.8 Å². The minimum absolute atomic E-state index is 0.0692. The predicted molar refractivity (Wildman–Crippen MR) is 96.3 cm³/mol. The molecule has 2 N–H and O–H groups in total. The fourth-order valence-corrected chi connectivity index (χ4v) is 2.86. The number of fused-ring (bicyclic) bond motifs is 1. The number of anilines is 1. The van der Waals surface area contributed by atoms with Crippen molar-refractivity contribution in [2.45, 2.75) is 19.5 Å². The number of rotatable bonds is 5. The van der Waals surface area contributed by atoms with Gasteiger partial charge in [0.05, 0.1) is 6.04 Å². The van der Waals surface area contributed by atoms with Crippen LogP contribution in [0.5, 0.6) is 0 Å². The highest BCUT2D eigenvalue weighted by Crippen LogP contribution is 2.21. The number of benzene rings is 1. The van der Waals surface area contributed by atoms with Gasteiger partial charge in [-0.05, 0) is 12.5 Å². The molecule has 9 heteroatoms. The molecule has 2 heterocycles. The van der Waals surface area contributed by atoms with Crippen LogP contribution < -0.4 is 16.6 Å². The molecule has 1 aromatic carbocycles. The Morgan fingerprint density at radius 3 is 2.46 bits per heavy atom. The summed E-state index contributed by atoms with van der Waals surface area (Å²) < 4.78 is 3.46. The third kappa shape index (κ3) is 2.87. The Kier molecular flexibility index (Phi) is 4.37. The zero-order chi connectivity index (χ0) is 19.0. The fraction of sp³-hybridized carbons (Fsp3) is 0.294. The van der Waals surface area contributed by atoms with Crippen molar-refractivity contribution in [3.8, 4) is 0 Å². The van der Waals surface area contributed by atoms with Crippen LogP contribution in [0, 0.1) is 0 Å². The fourth-order valence-electron chi connectivity index (χ4n) is 2.86. The number of nitrogens with one attached hydrogen (secondary N) is 1. The van der Waals surface area contributed by atoms with Crippen LogP contribution in [0.3, 0.4) is 0 Å². The van der Waals surface area contributed by atoms with Gasteiger partial charge in [0.2, 0.25) is 5.95 Å². The maximum atomic E-state index is 12.5. The molecule has 0 aliphatic carbocycles. The third-order valence-corrected chi connectivity index (χ3v) is 4.29. The van der Waals surface area contributed by atoms with Crippen molar-refractivity contribution in [1.82, 2.24) is 18.7 Å². The monoisotopic (exact) mass is 357 g/mol. The van der Waals surface area contributed by atoms with Crippen molar-refractivity contribution in [1.29, 1.82) is 0 Å². The van der Waals surface area contributed by atoms with E-state index in [-0.39, 0.29) is 23.2 Å². The Morgan fingerprint density at radius 2 is 1.85 bits per heavy atom. The molecule has 1 atom stereocenters. The maximum absolute atomic E-state index is 12.5. The van der Waals surface area contributed by atoms with Gasteiger partial charge in [0, 0.05) is 14.1 Å². The lowest BCUT2D eigenvalue weighted by Gasteiger charge is -2.15. The van der Waals surface area contributed by atoms with Crippen molar-refractivity contribution in [3.05, 3.63) is 56.7 Å². The molecule has 0 radical (unpaired) electrons. The van der Waals surface area contributed by atoms with Gasteiger partial charge in [0.15, 0.2) is 11.2 Å². The molecule has 0 spiro atoms. The summed E-state index contributed by atoms with van der Waals surface area (Å²) in [5, 5.41) is 12.4. The third-order valence-electron chi connectivity index (χ3n) is 4.29. The Hall–Kier alpha value is -3.36. The van der Waals surface area contributed by atoms with Gasteiger partial charge >= 0.3 is 11.7 Å². The van der Waals surface area contributed by atoms with E-state index in [1.165, 1.54) is 23.2 Å². The maximum Gasteiger partial charge on any atom is 0.332 e. The molecule has 0 saturated carbocycles. The molecule has 0 fully saturated rings. The molecule has 0 unspecified atom stereocenters. The van der Waals surface area contributed by atoms with Crippen molar-refractivity contribution in [2.24, 2.45) is 14.1 Å². The molecule has 3 rings (SSSR count). The van der Waals surface area contributed by atoms with E-state index in [1.54, 1.807) is 0 Å². The number of imidazole rings is 1. The summed E-state index contributed by atoms with van der Waals surface area (Å²) in [6.45, 7) is 1.45. The van der Waals surface area contributed by atoms with Crippen molar-refractivity contribution in [3.63, 3.8) is 0 Å². The largest absolute Gasteiger partial charge is 0.480 e. The number of aryl methyl sites for hydroxylation is 1. The first-order chi connectivity index (χ1) is 12.3. The highest BCUT2D eigenvalue weighted by atomic mass is 16.4. The van der Waals surface area contributed by atoms with Crippen molar-refractivity contribution in [2.75, 3.05) is 5.32 Å². The molecular formula is C17H19N5O4. The Labute approximate surface area is 148 Å². The number of hydrogen-bond acceptors (Lipinski definition) is 5. The van der Waals surface area contributed by atoms with Crippen LogP contribution in [-0.2, 0) is 25.4 Å². The SMILES string of the molecule is C[C@H](Nc1nc2c(c(=O)n(C)c(=O)n2C)n1CC(=O)O)c1ccccc1. The minimum Gasteiger partial charge on any atom is -0.480 e. The normalized spacial score (nSPS) is 12.3. The van der Waals surface area contributed by atoms with Gasteiger partial charge in [-0.3, -0.25) is 23.3 Å². The number of carbonyl (C=O) groups is 1. The van der Waals surface area contributed by atoms with Gasteiger partial charge in [-0.15, -0.1) is 0 Å².